The molecule has 0 spiro atoms. The number of hydrogen-bond acceptors (Lipinski definition) is 3. The fraction of sp³-hybridized carbons (Fsp3) is 0.500. The molecule has 0 fully saturated rings. The van der Waals surface area contributed by atoms with Gasteiger partial charge in [0.25, 0.3) is 5.91 Å². The van der Waals surface area contributed by atoms with Crippen LogP contribution >= 0.6 is 0 Å². The lowest BCUT2D eigenvalue weighted by Crippen LogP contribution is -2.37. The first kappa shape index (κ1) is 13.1. The van der Waals surface area contributed by atoms with Gasteiger partial charge in [-0.15, -0.1) is 0 Å². The number of carbonyl (C=O) groups excluding carboxylic acids is 1. The summed E-state index contributed by atoms with van der Waals surface area (Å²) in [5, 5.41) is 15.2. The minimum atomic E-state index is -0.157. The number of aliphatic hydroxyl groups excluding tert-OH is 1. The van der Waals surface area contributed by atoms with Gasteiger partial charge in [0.15, 0.2) is 0 Å². The van der Waals surface area contributed by atoms with Crippen molar-refractivity contribution < 1.29 is 9.90 Å². The summed E-state index contributed by atoms with van der Waals surface area (Å²) in [6, 6.07) is 5.67. The Balaban J connectivity index is 2.11. The number of hydrogen-bond donors (Lipinski definition) is 3. The summed E-state index contributed by atoms with van der Waals surface area (Å²) < 4.78 is 0. The summed E-state index contributed by atoms with van der Waals surface area (Å²) in [4.78, 5) is 12.0. The fourth-order valence-electron chi connectivity index (χ4n) is 2.16. The molecule has 4 nitrogen and oxygen atoms in total. The normalized spacial score (nSPS) is 15.9. The zero-order chi connectivity index (χ0) is 13.0. The molecule has 1 amide bonds. The Morgan fingerprint density at radius 1 is 1.50 bits per heavy atom. The highest BCUT2D eigenvalue weighted by Gasteiger charge is 2.14. The Morgan fingerprint density at radius 2 is 2.33 bits per heavy atom. The number of benzene rings is 1. The Labute approximate surface area is 107 Å². The van der Waals surface area contributed by atoms with Crippen LogP contribution in [0.25, 0.3) is 0 Å². The molecule has 0 saturated carbocycles. The van der Waals surface area contributed by atoms with Crippen LogP contribution in [0.1, 0.15) is 34.8 Å². The summed E-state index contributed by atoms with van der Waals surface area (Å²) in [5.74, 6) is -0.0998. The molecule has 3 N–H and O–H groups in total. The highest BCUT2D eigenvalue weighted by Crippen LogP contribution is 2.16. The van der Waals surface area contributed by atoms with Gasteiger partial charge in [0.1, 0.15) is 0 Å². The molecule has 4 heteroatoms. The Kier molecular flexibility index (Phi) is 4.33. The lowest BCUT2D eigenvalue weighted by molar-refractivity contribution is 0.0915. The second-order valence-electron chi connectivity index (χ2n) is 4.67. The Bertz CT molecular complexity index is 428. The largest absolute Gasteiger partial charge is 0.394 e. The summed E-state index contributed by atoms with van der Waals surface area (Å²) in [7, 11) is 0. The van der Waals surface area contributed by atoms with Crippen LogP contribution in [0.4, 0.5) is 0 Å². The molecule has 1 unspecified atom stereocenters. The van der Waals surface area contributed by atoms with Crippen molar-refractivity contribution in [1.29, 1.82) is 0 Å². The first-order valence-corrected chi connectivity index (χ1v) is 6.48. The van der Waals surface area contributed by atoms with Crippen LogP contribution in [0.5, 0.6) is 0 Å². The SMILES string of the molecule is CCC(CO)NC(=O)c1ccc2c(c1)CCNC2. The van der Waals surface area contributed by atoms with Gasteiger partial charge in [0.05, 0.1) is 12.6 Å². The minimum Gasteiger partial charge on any atom is -0.394 e. The predicted octanol–water partition coefficient (Wildman–Crippen LogP) is 0.833. The van der Waals surface area contributed by atoms with Crippen LogP contribution < -0.4 is 10.6 Å². The molecular formula is C14H20N2O2. The van der Waals surface area contributed by atoms with Crippen LogP contribution in [-0.2, 0) is 13.0 Å². The molecule has 0 saturated heterocycles. The molecule has 2 rings (SSSR count). The van der Waals surface area contributed by atoms with Gasteiger partial charge in [-0.1, -0.05) is 13.0 Å². The summed E-state index contributed by atoms with van der Waals surface area (Å²) >= 11 is 0. The molecule has 1 aromatic carbocycles. The highest BCUT2D eigenvalue weighted by atomic mass is 16.3. The third kappa shape index (κ3) is 2.89. The molecular weight excluding hydrogens is 228 g/mol. The molecule has 1 aliphatic rings. The van der Waals surface area contributed by atoms with E-state index >= 15 is 0 Å². The summed E-state index contributed by atoms with van der Waals surface area (Å²) in [6.07, 6.45) is 1.70. The molecule has 18 heavy (non-hydrogen) atoms. The summed E-state index contributed by atoms with van der Waals surface area (Å²) in [6.45, 7) is 3.77. The lowest BCUT2D eigenvalue weighted by Gasteiger charge is -2.19. The number of aliphatic hydroxyl groups is 1. The Hall–Kier alpha value is -1.39. The smallest absolute Gasteiger partial charge is 0.251 e. The molecule has 1 atom stereocenters. The monoisotopic (exact) mass is 248 g/mol. The van der Waals surface area contributed by atoms with Crippen molar-refractivity contribution in [1.82, 2.24) is 10.6 Å². The molecule has 1 aliphatic heterocycles. The second kappa shape index (κ2) is 5.98. The van der Waals surface area contributed by atoms with Crippen molar-refractivity contribution in [3.05, 3.63) is 34.9 Å². The molecule has 0 bridgehead atoms. The van der Waals surface area contributed by atoms with E-state index in [-0.39, 0.29) is 18.6 Å². The van der Waals surface area contributed by atoms with Crippen LogP contribution in [0.3, 0.4) is 0 Å². The van der Waals surface area contributed by atoms with E-state index in [1.807, 2.05) is 25.1 Å². The van der Waals surface area contributed by atoms with Gasteiger partial charge in [0.2, 0.25) is 0 Å². The zero-order valence-corrected chi connectivity index (χ0v) is 10.7. The molecule has 1 aromatic rings. The van der Waals surface area contributed by atoms with Gasteiger partial charge in [-0.3, -0.25) is 4.79 Å². The van der Waals surface area contributed by atoms with E-state index in [2.05, 4.69) is 10.6 Å². The Morgan fingerprint density at radius 3 is 3.06 bits per heavy atom. The maximum atomic E-state index is 12.0. The van der Waals surface area contributed by atoms with Crippen molar-refractivity contribution >= 4 is 5.91 Å². The van der Waals surface area contributed by atoms with E-state index in [0.717, 1.165) is 25.9 Å². The van der Waals surface area contributed by atoms with Crippen molar-refractivity contribution in [3.8, 4) is 0 Å². The maximum Gasteiger partial charge on any atom is 0.251 e. The van der Waals surface area contributed by atoms with Gasteiger partial charge in [0, 0.05) is 12.1 Å². The second-order valence-corrected chi connectivity index (χ2v) is 4.67. The van der Waals surface area contributed by atoms with Gasteiger partial charge in [-0.2, -0.15) is 0 Å². The molecule has 1 heterocycles. The van der Waals surface area contributed by atoms with Crippen LogP contribution in [0.15, 0.2) is 18.2 Å². The molecule has 0 radical (unpaired) electrons. The number of fused-ring (bicyclic) bond motifs is 1. The quantitative estimate of drug-likeness (QED) is 0.739. The van der Waals surface area contributed by atoms with Crippen molar-refractivity contribution in [2.45, 2.75) is 32.4 Å². The van der Waals surface area contributed by atoms with Crippen LogP contribution in [-0.4, -0.2) is 30.2 Å². The van der Waals surface area contributed by atoms with Crippen LogP contribution in [0.2, 0.25) is 0 Å². The number of carbonyl (C=O) groups is 1. The van der Waals surface area contributed by atoms with Gasteiger partial charge in [-0.25, -0.2) is 0 Å². The summed E-state index contributed by atoms with van der Waals surface area (Å²) in [5.41, 5.74) is 3.20. The number of rotatable bonds is 4. The number of amides is 1. The minimum absolute atomic E-state index is 0.0168. The van der Waals surface area contributed by atoms with Gasteiger partial charge < -0.3 is 15.7 Å². The van der Waals surface area contributed by atoms with Crippen molar-refractivity contribution in [2.75, 3.05) is 13.2 Å². The zero-order valence-electron chi connectivity index (χ0n) is 10.7. The first-order valence-electron chi connectivity index (χ1n) is 6.48. The molecule has 98 valence electrons. The standard InChI is InChI=1S/C14H20N2O2/c1-2-13(9-17)16-14(18)11-3-4-12-8-15-6-5-10(12)7-11/h3-4,7,13,15,17H,2,5-6,8-9H2,1H3,(H,16,18). The van der Waals surface area contributed by atoms with Gasteiger partial charge >= 0.3 is 0 Å². The first-order chi connectivity index (χ1) is 8.74. The van der Waals surface area contributed by atoms with E-state index in [0.29, 0.717) is 5.56 Å². The van der Waals surface area contributed by atoms with E-state index in [9.17, 15) is 4.79 Å². The topological polar surface area (TPSA) is 61.4 Å². The van der Waals surface area contributed by atoms with E-state index in [1.165, 1.54) is 11.1 Å². The van der Waals surface area contributed by atoms with Gasteiger partial charge in [-0.05, 0) is 42.6 Å². The van der Waals surface area contributed by atoms with E-state index < -0.39 is 0 Å². The number of nitrogens with one attached hydrogen (secondary N) is 2. The van der Waals surface area contributed by atoms with Crippen molar-refractivity contribution in [2.24, 2.45) is 0 Å². The lowest BCUT2D eigenvalue weighted by atomic mass is 9.98. The fourth-order valence-corrected chi connectivity index (χ4v) is 2.16. The highest BCUT2D eigenvalue weighted by molar-refractivity contribution is 5.94. The maximum absolute atomic E-state index is 12.0. The molecule has 0 aromatic heterocycles. The van der Waals surface area contributed by atoms with E-state index in [4.69, 9.17) is 5.11 Å². The van der Waals surface area contributed by atoms with E-state index in [1.54, 1.807) is 0 Å². The average Bonchev–Trinajstić information content (AvgIpc) is 2.44. The third-order valence-electron chi connectivity index (χ3n) is 3.40. The van der Waals surface area contributed by atoms with Crippen LogP contribution in [0, 0.1) is 0 Å². The third-order valence-corrected chi connectivity index (χ3v) is 3.40. The predicted molar refractivity (Wildman–Crippen MR) is 70.5 cm³/mol. The molecule has 0 aliphatic carbocycles. The average molecular weight is 248 g/mol. The van der Waals surface area contributed by atoms with Crippen molar-refractivity contribution in [3.63, 3.8) is 0 Å².